The maximum Gasteiger partial charge on any atom is 0.253 e. The number of halogens is 1. The van der Waals surface area contributed by atoms with Crippen LogP contribution < -0.4 is 5.56 Å². The van der Waals surface area contributed by atoms with Gasteiger partial charge in [-0.1, -0.05) is 17.3 Å². The minimum atomic E-state index is -0.366. The summed E-state index contributed by atoms with van der Waals surface area (Å²) in [5.41, 5.74) is 3.39. The number of nitrogens with one attached hydrogen (secondary N) is 1. The molecule has 1 amide bonds. The van der Waals surface area contributed by atoms with Crippen LogP contribution in [0.3, 0.4) is 0 Å². The third-order valence-electron chi connectivity index (χ3n) is 6.79. The summed E-state index contributed by atoms with van der Waals surface area (Å²) in [7, 11) is 1.80. The fourth-order valence-corrected chi connectivity index (χ4v) is 5.00. The van der Waals surface area contributed by atoms with Crippen LogP contribution in [0.25, 0.3) is 22.4 Å². The highest BCUT2D eigenvalue weighted by molar-refractivity contribution is 5.83. The monoisotopic (exact) mass is 478 g/mol. The highest BCUT2D eigenvalue weighted by Crippen LogP contribution is 2.28. The summed E-state index contributed by atoms with van der Waals surface area (Å²) in [5.74, 6) is 0.323. The lowest BCUT2D eigenvalue weighted by Crippen LogP contribution is -2.39. The average molecular weight is 479 g/mol. The molecule has 4 aromatic rings. The molecule has 0 saturated carbocycles. The molecule has 4 heterocycles. The number of aromatic nitrogens is 5. The Bertz CT molecular complexity index is 1470. The van der Waals surface area contributed by atoms with Crippen LogP contribution in [0.2, 0.25) is 0 Å². The van der Waals surface area contributed by atoms with Gasteiger partial charge in [0, 0.05) is 43.1 Å². The second kappa shape index (κ2) is 9.09. The molecule has 1 atom stereocenters. The Morgan fingerprint density at radius 2 is 2.14 bits per heavy atom. The van der Waals surface area contributed by atoms with E-state index in [1.165, 1.54) is 12.1 Å². The molecule has 3 aromatic heterocycles. The van der Waals surface area contributed by atoms with Crippen LogP contribution in [0.1, 0.15) is 47.9 Å². The molecule has 9 nitrogen and oxygen atoms in total. The van der Waals surface area contributed by atoms with Crippen molar-refractivity contribution in [3.63, 3.8) is 0 Å². The fourth-order valence-electron chi connectivity index (χ4n) is 5.00. The smallest absolute Gasteiger partial charge is 0.253 e. The van der Waals surface area contributed by atoms with Crippen molar-refractivity contribution in [3.8, 4) is 11.4 Å². The lowest BCUT2D eigenvalue weighted by Gasteiger charge is -2.31. The highest BCUT2D eigenvalue weighted by atomic mass is 19.1. The van der Waals surface area contributed by atoms with Crippen molar-refractivity contribution in [2.75, 3.05) is 13.1 Å². The van der Waals surface area contributed by atoms with Crippen molar-refractivity contribution in [2.24, 2.45) is 7.05 Å². The number of amides is 1. The van der Waals surface area contributed by atoms with Crippen LogP contribution in [-0.4, -0.2) is 48.8 Å². The molecule has 0 spiro atoms. The van der Waals surface area contributed by atoms with Crippen molar-refractivity contribution in [2.45, 2.75) is 45.4 Å². The highest BCUT2D eigenvalue weighted by Gasteiger charge is 2.29. The van der Waals surface area contributed by atoms with Gasteiger partial charge in [0.15, 0.2) is 0 Å². The van der Waals surface area contributed by atoms with Gasteiger partial charge in [0.1, 0.15) is 11.5 Å². The summed E-state index contributed by atoms with van der Waals surface area (Å²) >= 11 is 0. The summed E-state index contributed by atoms with van der Waals surface area (Å²) in [6.45, 7) is 4.94. The number of aryl methyl sites for hydroxylation is 3. The van der Waals surface area contributed by atoms with Crippen LogP contribution in [0.5, 0.6) is 0 Å². The molecule has 10 heteroatoms. The average Bonchev–Trinajstić information content (AvgIpc) is 3.44. The number of carbonyl (C=O) groups excluding carboxylic acids is 1. The zero-order valence-electron chi connectivity index (χ0n) is 20.0. The van der Waals surface area contributed by atoms with Gasteiger partial charge < -0.3 is 14.4 Å². The molecule has 0 bridgehead atoms. The molecule has 1 fully saturated rings. The van der Waals surface area contributed by atoms with Gasteiger partial charge in [-0.3, -0.25) is 14.3 Å². The number of hydrogen-bond acceptors (Lipinski definition) is 6. The standard InChI is InChI=1S/C25H27FN6O3/c1-14-19(24(34)28-23-21(14)15(2)29-31(23)3)9-10-20(33)32-11-5-7-17(13-32)25-27-22(30-35-25)16-6-4-8-18(26)12-16/h4,6,8,12,17H,5,7,9-11,13H2,1-3H3,(H,28,34). The van der Waals surface area contributed by atoms with Crippen molar-refractivity contribution < 1.29 is 13.7 Å². The Morgan fingerprint density at radius 1 is 1.31 bits per heavy atom. The van der Waals surface area contributed by atoms with E-state index < -0.39 is 0 Å². The molecular formula is C25H27FN6O3. The van der Waals surface area contributed by atoms with Crippen molar-refractivity contribution in [1.29, 1.82) is 0 Å². The van der Waals surface area contributed by atoms with Gasteiger partial charge in [-0.25, -0.2) is 4.39 Å². The van der Waals surface area contributed by atoms with E-state index >= 15 is 0 Å². The first kappa shape index (κ1) is 22.9. The van der Waals surface area contributed by atoms with E-state index in [9.17, 15) is 14.0 Å². The van der Waals surface area contributed by atoms with Gasteiger partial charge in [0.25, 0.3) is 5.56 Å². The summed E-state index contributed by atoms with van der Waals surface area (Å²) in [5, 5.41) is 9.33. The van der Waals surface area contributed by atoms with Crippen molar-refractivity contribution in [1.82, 2.24) is 29.8 Å². The molecule has 0 aliphatic carbocycles. The first-order chi connectivity index (χ1) is 16.8. The lowest BCUT2D eigenvalue weighted by molar-refractivity contribution is -0.132. The van der Waals surface area contributed by atoms with E-state index in [0.29, 0.717) is 48.0 Å². The number of rotatable bonds is 5. The van der Waals surface area contributed by atoms with Crippen molar-refractivity contribution >= 4 is 16.9 Å². The molecule has 35 heavy (non-hydrogen) atoms. The molecule has 1 aliphatic rings. The molecule has 5 rings (SSSR count). The minimum absolute atomic E-state index is 0.0126. The second-order valence-electron chi connectivity index (χ2n) is 9.14. The number of likely N-dealkylation sites (tertiary alicyclic amines) is 1. The van der Waals surface area contributed by atoms with Gasteiger partial charge in [0.05, 0.1) is 11.6 Å². The molecular weight excluding hydrogens is 451 g/mol. The second-order valence-corrected chi connectivity index (χ2v) is 9.14. The topological polar surface area (TPSA) is 110 Å². The SMILES string of the molecule is Cc1nn(C)c2[nH]c(=O)c(CCC(=O)N3CCCC(c4nc(-c5cccc(F)c5)no4)C3)c(C)c12. The van der Waals surface area contributed by atoms with Gasteiger partial charge >= 0.3 is 0 Å². The largest absolute Gasteiger partial charge is 0.342 e. The third kappa shape index (κ3) is 4.36. The predicted octanol–water partition coefficient (Wildman–Crippen LogP) is 3.41. The molecule has 0 radical (unpaired) electrons. The maximum atomic E-state index is 13.5. The van der Waals surface area contributed by atoms with Crippen LogP contribution >= 0.6 is 0 Å². The summed E-state index contributed by atoms with van der Waals surface area (Å²) in [6, 6.07) is 6.05. The van der Waals surface area contributed by atoms with Gasteiger partial charge in [0.2, 0.25) is 17.6 Å². The normalized spacial score (nSPS) is 16.2. The zero-order chi connectivity index (χ0) is 24.7. The fraction of sp³-hybridized carbons (Fsp3) is 0.400. The summed E-state index contributed by atoms with van der Waals surface area (Å²) in [6.07, 6.45) is 2.23. The molecule has 1 aromatic carbocycles. The number of benzene rings is 1. The Labute approximate surface area is 200 Å². The molecule has 182 valence electrons. The van der Waals surface area contributed by atoms with Crippen LogP contribution in [0.4, 0.5) is 4.39 Å². The van der Waals surface area contributed by atoms with Crippen LogP contribution in [-0.2, 0) is 18.3 Å². The van der Waals surface area contributed by atoms with E-state index in [1.54, 1.807) is 28.8 Å². The van der Waals surface area contributed by atoms with Crippen LogP contribution in [0, 0.1) is 19.7 Å². The molecule has 1 saturated heterocycles. The third-order valence-corrected chi connectivity index (χ3v) is 6.79. The molecule has 1 aliphatic heterocycles. The Kier molecular flexibility index (Phi) is 5.96. The number of aromatic amines is 1. The van der Waals surface area contributed by atoms with Gasteiger partial charge in [-0.2, -0.15) is 10.1 Å². The zero-order valence-corrected chi connectivity index (χ0v) is 20.0. The van der Waals surface area contributed by atoms with Crippen LogP contribution in [0.15, 0.2) is 33.6 Å². The Morgan fingerprint density at radius 3 is 2.94 bits per heavy atom. The molecule has 1 N–H and O–H groups in total. The number of nitrogens with zero attached hydrogens (tertiary/aromatic N) is 5. The maximum absolute atomic E-state index is 13.5. The van der Waals surface area contributed by atoms with E-state index in [1.807, 2.05) is 13.8 Å². The van der Waals surface area contributed by atoms with Gasteiger partial charge in [-0.15, -0.1) is 0 Å². The van der Waals surface area contributed by atoms with E-state index in [2.05, 4.69) is 20.2 Å². The quantitative estimate of drug-likeness (QED) is 0.471. The van der Waals surface area contributed by atoms with Crippen molar-refractivity contribution in [3.05, 3.63) is 63.1 Å². The summed E-state index contributed by atoms with van der Waals surface area (Å²) < 4.78 is 20.7. The Balaban J connectivity index is 1.28. The number of fused-ring (bicyclic) bond motifs is 1. The lowest BCUT2D eigenvalue weighted by atomic mass is 9.97. The van der Waals surface area contributed by atoms with E-state index in [4.69, 9.17) is 4.52 Å². The Hall–Kier alpha value is -3.82. The predicted molar refractivity (Wildman–Crippen MR) is 127 cm³/mol. The van der Waals surface area contributed by atoms with E-state index in [-0.39, 0.29) is 29.6 Å². The number of carbonyl (C=O) groups is 1. The first-order valence-corrected chi connectivity index (χ1v) is 11.7. The minimum Gasteiger partial charge on any atom is -0.342 e. The first-order valence-electron chi connectivity index (χ1n) is 11.7. The van der Waals surface area contributed by atoms with E-state index in [0.717, 1.165) is 29.5 Å². The number of piperidine rings is 1. The summed E-state index contributed by atoms with van der Waals surface area (Å²) in [4.78, 5) is 34.9. The number of hydrogen-bond donors (Lipinski definition) is 1. The molecule has 1 unspecified atom stereocenters. The number of H-pyrrole nitrogens is 1. The van der Waals surface area contributed by atoms with Gasteiger partial charge in [-0.05, 0) is 50.8 Å². The number of pyridine rings is 1.